The van der Waals surface area contributed by atoms with Crippen LogP contribution in [-0.2, 0) is 0 Å². The molecule has 0 amide bonds. The van der Waals surface area contributed by atoms with Crippen molar-refractivity contribution in [3.05, 3.63) is 33.9 Å². The van der Waals surface area contributed by atoms with Gasteiger partial charge in [-0.1, -0.05) is 0 Å². The molecule has 1 rings (SSSR count). The minimum absolute atomic E-state index is 0.0758. The topological polar surface area (TPSA) is 69.4 Å². The predicted octanol–water partition coefficient (Wildman–Crippen LogP) is 2.37. The SMILES string of the molecule is CCOc1ccc(C(=O)Cl)cc1[N+](=O)[O-]. The van der Waals surface area contributed by atoms with Crippen LogP contribution >= 0.6 is 11.6 Å². The van der Waals surface area contributed by atoms with Gasteiger partial charge in [0, 0.05) is 11.6 Å². The maximum absolute atomic E-state index is 10.8. The van der Waals surface area contributed by atoms with Crippen molar-refractivity contribution in [2.24, 2.45) is 0 Å². The molecule has 0 N–H and O–H groups in total. The van der Waals surface area contributed by atoms with E-state index in [1.165, 1.54) is 12.1 Å². The molecule has 0 atom stereocenters. The van der Waals surface area contributed by atoms with Crippen molar-refractivity contribution in [3.63, 3.8) is 0 Å². The smallest absolute Gasteiger partial charge is 0.311 e. The van der Waals surface area contributed by atoms with Gasteiger partial charge >= 0.3 is 5.69 Å². The van der Waals surface area contributed by atoms with Gasteiger partial charge in [-0.05, 0) is 30.7 Å². The lowest BCUT2D eigenvalue weighted by atomic mass is 10.2. The predicted molar refractivity (Wildman–Crippen MR) is 54.4 cm³/mol. The summed E-state index contributed by atoms with van der Waals surface area (Å²) in [5.74, 6) is 0.129. The Balaban J connectivity index is 3.20. The Bertz CT molecular complexity index is 405. The maximum Gasteiger partial charge on any atom is 0.311 e. The molecular formula is C9H8ClNO4. The fourth-order valence-electron chi connectivity index (χ4n) is 1.06. The number of ether oxygens (including phenoxy) is 1. The molecule has 0 saturated heterocycles. The van der Waals surface area contributed by atoms with Crippen LogP contribution in [0.1, 0.15) is 17.3 Å². The first-order chi connectivity index (χ1) is 7.06. The zero-order chi connectivity index (χ0) is 11.4. The van der Waals surface area contributed by atoms with E-state index in [0.29, 0.717) is 6.61 Å². The molecule has 1 aromatic rings. The summed E-state index contributed by atoms with van der Waals surface area (Å²) in [6.45, 7) is 2.03. The molecule has 6 heteroatoms. The van der Waals surface area contributed by atoms with E-state index in [2.05, 4.69) is 0 Å². The third-order valence-electron chi connectivity index (χ3n) is 1.68. The second-order valence-corrected chi connectivity index (χ2v) is 2.99. The number of nitro benzene ring substituents is 1. The monoisotopic (exact) mass is 229 g/mol. The zero-order valence-corrected chi connectivity index (χ0v) is 8.65. The largest absolute Gasteiger partial charge is 0.487 e. The van der Waals surface area contributed by atoms with Gasteiger partial charge in [-0.15, -0.1) is 0 Å². The van der Waals surface area contributed by atoms with Crippen LogP contribution in [0, 0.1) is 10.1 Å². The van der Waals surface area contributed by atoms with E-state index in [9.17, 15) is 14.9 Å². The molecule has 0 aliphatic rings. The Labute approximate surface area is 90.8 Å². The molecule has 0 bridgehead atoms. The third kappa shape index (κ3) is 2.66. The van der Waals surface area contributed by atoms with Crippen molar-refractivity contribution in [3.8, 4) is 5.75 Å². The van der Waals surface area contributed by atoms with E-state index in [-0.39, 0.29) is 17.0 Å². The second kappa shape index (κ2) is 4.75. The Morgan fingerprint density at radius 2 is 2.27 bits per heavy atom. The summed E-state index contributed by atoms with van der Waals surface area (Å²) >= 11 is 5.21. The lowest BCUT2D eigenvalue weighted by molar-refractivity contribution is -0.385. The lowest BCUT2D eigenvalue weighted by Gasteiger charge is -2.04. The maximum atomic E-state index is 10.8. The second-order valence-electron chi connectivity index (χ2n) is 2.65. The average molecular weight is 230 g/mol. The summed E-state index contributed by atoms with van der Waals surface area (Å²) in [7, 11) is 0. The summed E-state index contributed by atoms with van der Waals surface area (Å²) in [4.78, 5) is 20.8. The molecule has 15 heavy (non-hydrogen) atoms. The van der Waals surface area contributed by atoms with Gasteiger partial charge in [0.25, 0.3) is 5.24 Å². The van der Waals surface area contributed by atoms with Crippen molar-refractivity contribution in [2.45, 2.75) is 6.92 Å². The van der Waals surface area contributed by atoms with Gasteiger partial charge in [0.05, 0.1) is 11.5 Å². The van der Waals surface area contributed by atoms with Crippen LogP contribution in [0.25, 0.3) is 0 Å². The molecule has 0 heterocycles. The summed E-state index contributed by atoms with van der Waals surface area (Å²) in [5.41, 5.74) is -0.185. The lowest BCUT2D eigenvalue weighted by Crippen LogP contribution is -1.99. The Morgan fingerprint density at radius 1 is 1.60 bits per heavy atom. The van der Waals surface area contributed by atoms with Crippen molar-refractivity contribution in [2.75, 3.05) is 6.61 Å². The standard InChI is InChI=1S/C9H8ClNO4/c1-2-15-8-4-3-6(9(10)12)5-7(8)11(13)14/h3-5H,2H2,1H3. The Morgan fingerprint density at radius 3 is 2.73 bits per heavy atom. The van der Waals surface area contributed by atoms with Gasteiger partial charge in [-0.2, -0.15) is 0 Å². The molecule has 0 unspecified atom stereocenters. The van der Waals surface area contributed by atoms with E-state index >= 15 is 0 Å². The van der Waals surface area contributed by atoms with Crippen molar-refractivity contribution < 1.29 is 14.5 Å². The Hall–Kier alpha value is -1.62. The minimum Gasteiger partial charge on any atom is -0.487 e. The number of carbonyl (C=O) groups excluding carboxylic acids is 1. The third-order valence-corrected chi connectivity index (χ3v) is 1.90. The number of hydrogen-bond donors (Lipinski definition) is 0. The number of hydrogen-bond acceptors (Lipinski definition) is 4. The van der Waals surface area contributed by atoms with Crippen molar-refractivity contribution >= 4 is 22.5 Å². The molecule has 0 spiro atoms. The molecule has 1 aromatic carbocycles. The molecule has 0 aromatic heterocycles. The molecule has 0 fully saturated rings. The number of nitro groups is 1. The first-order valence-corrected chi connectivity index (χ1v) is 4.55. The van der Waals surface area contributed by atoms with Crippen LogP contribution in [0.4, 0.5) is 5.69 Å². The van der Waals surface area contributed by atoms with Crippen LogP contribution in [-0.4, -0.2) is 16.8 Å². The molecule has 0 saturated carbocycles. The van der Waals surface area contributed by atoms with Crippen LogP contribution in [0.2, 0.25) is 0 Å². The zero-order valence-electron chi connectivity index (χ0n) is 7.90. The Kier molecular flexibility index (Phi) is 3.62. The van der Waals surface area contributed by atoms with E-state index < -0.39 is 10.2 Å². The average Bonchev–Trinajstić information content (AvgIpc) is 2.18. The van der Waals surface area contributed by atoms with E-state index in [1.54, 1.807) is 6.92 Å². The summed E-state index contributed by atoms with van der Waals surface area (Å²) in [6.07, 6.45) is 0. The van der Waals surface area contributed by atoms with Crippen LogP contribution in [0.3, 0.4) is 0 Å². The number of benzene rings is 1. The highest BCUT2D eigenvalue weighted by molar-refractivity contribution is 6.67. The quantitative estimate of drug-likeness (QED) is 0.452. The van der Waals surface area contributed by atoms with Gasteiger partial charge in [-0.25, -0.2) is 0 Å². The first kappa shape index (κ1) is 11.5. The van der Waals surface area contributed by atoms with Gasteiger partial charge in [0.15, 0.2) is 5.75 Å². The number of carbonyl (C=O) groups is 1. The fraction of sp³-hybridized carbons (Fsp3) is 0.222. The molecule has 0 aliphatic heterocycles. The van der Waals surface area contributed by atoms with Gasteiger partial charge in [0.1, 0.15) is 0 Å². The van der Waals surface area contributed by atoms with Crippen molar-refractivity contribution in [1.29, 1.82) is 0 Å². The van der Waals surface area contributed by atoms with E-state index in [1.807, 2.05) is 0 Å². The minimum atomic E-state index is -0.735. The summed E-state index contributed by atoms with van der Waals surface area (Å²) in [5, 5.41) is 9.91. The van der Waals surface area contributed by atoms with E-state index in [4.69, 9.17) is 16.3 Å². The normalized spacial score (nSPS) is 9.73. The van der Waals surface area contributed by atoms with Crippen LogP contribution < -0.4 is 4.74 Å². The number of nitrogens with zero attached hydrogens (tertiary/aromatic N) is 1. The number of halogens is 1. The van der Waals surface area contributed by atoms with Gasteiger partial charge in [0.2, 0.25) is 0 Å². The molecular weight excluding hydrogens is 222 g/mol. The van der Waals surface area contributed by atoms with Crippen LogP contribution in [0.15, 0.2) is 18.2 Å². The summed E-state index contributed by atoms with van der Waals surface area (Å²) in [6, 6.07) is 3.84. The number of rotatable bonds is 4. The molecule has 80 valence electrons. The highest BCUT2D eigenvalue weighted by Crippen LogP contribution is 2.28. The van der Waals surface area contributed by atoms with Gasteiger partial charge < -0.3 is 4.74 Å². The fourth-order valence-corrected chi connectivity index (χ4v) is 1.18. The highest BCUT2D eigenvalue weighted by Gasteiger charge is 2.17. The van der Waals surface area contributed by atoms with E-state index in [0.717, 1.165) is 6.07 Å². The molecule has 0 radical (unpaired) electrons. The summed E-state index contributed by atoms with van der Waals surface area (Å²) < 4.78 is 5.04. The van der Waals surface area contributed by atoms with Gasteiger partial charge in [-0.3, -0.25) is 14.9 Å². The first-order valence-electron chi connectivity index (χ1n) is 4.17. The molecule has 0 aliphatic carbocycles. The van der Waals surface area contributed by atoms with Crippen molar-refractivity contribution in [1.82, 2.24) is 0 Å². The highest BCUT2D eigenvalue weighted by atomic mass is 35.5. The molecule has 5 nitrogen and oxygen atoms in total. The van der Waals surface area contributed by atoms with Crippen LogP contribution in [0.5, 0.6) is 5.75 Å².